The fraction of sp³-hybridized carbons (Fsp3) is 0.182. The minimum Gasteiger partial charge on any atom is -0.168 e. The zero-order valence-electron chi connectivity index (χ0n) is 15.6. The molecular formula is C22H26HfSi2-2. The Morgan fingerprint density at radius 2 is 0.880 bits per heavy atom. The molecule has 0 aliphatic rings. The summed E-state index contributed by atoms with van der Waals surface area (Å²) in [5, 5.41) is 5.32. The molecule has 0 saturated heterocycles. The van der Waals surface area contributed by atoms with Crippen molar-refractivity contribution in [1.29, 1.82) is 0 Å². The molecule has 0 unspecified atom stereocenters. The minimum absolute atomic E-state index is 0. The van der Waals surface area contributed by atoms with E-state index in [2.05, 4.69) is 111 Å². The van der Waals surface area contributed by atoms with Crippen molar-refractivity contribution in [2.45, 2.75) is 26.2 Å². The van der Waals surface area contributed by atoms with Crippen LogP contribution in [0.3, 0.4) is 0 Å². The zero-order valence-corrected chi connectivity index (χ0v) is 21.2. The first-order valence-electron chi connectivity index (χ1n) is 8.14. The van der Waals surface area contributed by atoms with Gasteiger partial charge in [-0.3, -0.25) is 0 Å². The second-order valence-corrected chi connectivity index (χ2v) is 7.31. The predicted molar refractivity (Wildman–Crippen MR) is 114 cm³/mol. The van der Waals surface area contributed by atoms with Crippen LogP contribution < -0.4 is 0 Å². The van der Waals surface area contributed by atoms with Crippen LogP contribution in [-0.4, -0.2) is 19.0 Å². The van der Waals surface area contributed by atoms with Crippen molar-refractivity contribution >= 4 is 40.6 Å². The van der Waals surface area contributed by atoms with Crippen LogP contribution in [0.5, 0.6) is 0 Å². The van der Waals surface area contributed by atoms with Crippen molar-refractivity contribution in [2.24, 2.45) is 0 Å². The van der Waals surface area contributed by atoms with Crippen molar-refractivity contribution in [3.05, 3.63) is 84.9 Å². The maximum absolute atomic E-state index is 2.15. The van der Waals surface area contributed by atoms with Gasteiger partial charge in [-0.25, -0.2) is 0 Å². The summed E-state index contributed by atoms with van der Waals surface area (Å²) in [5.74, 6) is 0. The molecule has 128 valence electrons. The van der Waals surface area contributed by atoms with E-state index < -0.39 is 0 Å². The molecule has 0 heterocycles. The normalized spacial score (nSPS) is 8.80. The van der Waals surface area contributed by atoms with Crippen molar-refractivity contribution in [3.63, 3.8) is 0 Å². The summed E-state index contributed by atoms with van der Waals surface area (Å²) >= 11 is 0. The van der Waals surface area contributed by atoms with Crippen LogP contribution in [0.25, 0.3) is 21.5 Å². The van der Waals surface area contributed by atoms with Gasteiger partial charge in [-0.1, -0.05) is 38.3 Å². The molecule has 4 aromatic rings. The first-order valence-corrected chi connectivity index (χ1v) is 12.1. The van der Waals surface area contributed by atoms with Crippen LogP contribution in [-0.2, 0) is 25.8 Å². The largest absolute Gasteiger partial charge is 0.168 e. The summed E-state index contributed by atoms with van der Waals surface area (Å²) in [7, 11) is 2.17. The molecule has 0 aliphatic carbocycles. The number of benzene rings is 2. The van der Waals surface area contributed by atoms with Crippen LogP contribution in [0.2, 0.25) is 26.2 Å². The molecule has 4 rings (SSSR count). The Morgan fingerprint density at radius 1 is 0.560 bits per heavy atom. The molecule has 0 saturated carbocycles. The summed E-state index contributed by atoms with van der Waals surface area (Å²) in [4.78, 5) is 0. The summed E-state index contributed by atoms with van der Waals surface area (Å²) in [6.45, 7) is 8.61. The number of fused-ring (bicyclic) bond motifs is 2. The number of rotatable bonds is 0. The third-order valence-electron chi connectivity index (χ3n) is 3.10. The second kappa shape index (κ2) is 15.2. The Labute approximate surface area is 176 Å². The quantitative estimate of drug-likeness (QED) is 0.178. The van der Waals surface area contributed by atoms with Gasteiger partial charge < -0.3 is 0 Å². The van der Waals surface area contributed by atoms with Crippen LogP contribution in [0.4, 0.5) is 0 Å². The van der Waals surface area contributed by atoms with E-state index in [1.165, 1.54) is 21.5 Å². The average molecular weight is 525 g/mol. The van der Waals surface area contributed by atoms with Gasteiger partial charge in [-0.15, -0.1) is 59.3 Å². The molecule has 25 heavy (non-hydrogen) atoms. The van der Waals surface area contributed by atoms with E-state index in [9.17, 15) is 0 Å². The van der Waals surface area contributed by atoms with E-state index in [0.717, 1.165) is 19.0 Å². The average Bonchev–Trinajstić information content (AvgIpc) is 3.26. The van der Waals surface area contributed by atoms with Gasteiger partial charge in [-0.2, -0.15) is 35.0 Å². The van der Waals surface area contributed by atoms with Gasteiger partial charge in [0.05, 0.1) is 0 Å². The molecule has 0 aromatic heterocycles. The molecule has 0 N–H and O–H groups in total. The van der Waals surface area contributed by atoms with E-state index in [0.29, 0.717) is 0 Å². The number of hydrogen-bond acceptors (Lipinski definition) is 0. The third-order valence-corrected chi connectivity index (χ3v) is 3.10. The van der Waals surface area contributed by atoms with Gasteiger partial charge in [-0.05, 0) is 0 Å². The molecule has 0 fully saturated rings. The standard InChI is InChI=1S/2C9H7.2C2H6Si.Hf/c2*1-2-5-9-7-3-6-8(9)4-1;2*1-3-2;/h2*1-7H;2*1-2H3;/q2*-1;;;. The molecule has 0 bridgehead atoms. The van der Waals surface area contributed by atoms with Gasteiger partial charge in [0.15, 0.2) is 0 Å². The van der Waals surface area contributed by atoms with Crippen LogP contribution in [0.15, 0.2) is 84.9 Å². The Bertz CT molecular complexity index is 658. The molecule has 0 spiro atoms. The van der Waals surface area contributed by atoms with E-state index in [1.807, 2.05) is 0 Å². The van der Waals surface area contributed by atoms with E-state index >= 15 is 0 Å². The topological polar surface area (TPSA) is 0 Å². The molecule has 0 nitrogen and oxygen atoms in total. The van der Waals surface area contributed by atoms with Crippen molar-refractivity contribution in [3.8, 4) is 0 Å². The summed E-state index contributed by atoms with van der Waals surface area (Å²) in [6.07, 6.45) is 0. The summed E-state index contributed by atoms with van der Waals surface area (Å²) < 4.78 is 0. The smallest absolute Gasteiger partial charge is 0.0307 e. The minimum atomic E-state index is 0. The summed E-state index contributed by atoms with van der Waals surface area (Å²) in [5.41, 5.74) is 0. The van der Waals surface area contributed by atoms with Crippen LogP contribution in [0.1, 0.15) is 0 Å². The molecule has 3 heteroatoms. The van der Waals surface area contributed by atoms with Crippen LogP contribution in [0, 0.1) is 0 Å². The monoisotopic (exact) mass is 526 g/mol. The second-order valence-electron chi connectivity index (χ2n) is 5.31. The first kappa shape index (κ1) is 24.0. The fourth-order valence-corrected chi connectivity index (χ4v) is 2.14. The van der Waals surface area contributed by atoms with E-state index in [-0.39, 0.29) is 25.8 Å². The maximum atomic E-state index is 2.15. The fourth-order valence-electron chi connectivity index (χ4n) is 2.14. The third kappa shape index (κ3) is 9.29. The number of hydrogen-bond donors (Lipinski definition) is 0. The maximum Gasteiger partial charge on any atom is 0.0307 e. The molecule has 0 amide bonds. The predicted octanol–water partition coefficient (Wildman–Crippen LogP) is 6.69. The molecule has 4 radical (unpaired) electrons. The Balaban J connectivity index is 0.000000344. The Kier molecular flexibility index (Phi) is 14.6. The van der Waals surface area contributed by atoms with Gasteiger partial charge in [0.25, 0.3) is 0 Å². The SMILES string of the molecule is C[Si]C.C[Si]C.[Hf].c1ccc2[cH-]ccc2c1.c1ccc2[cH-]ccc2c1. The molecule has 4 aromatic carbocycles. The molecular weight excluding hydrogens is 499 g/mol. The zero-order chi connectivity index (χ0) is 17.6. The van der Waals surface area contributed by atoms with Gasteiger partial charge >= 0.3 is 0 Å². The van der Waals surface area contributed by atoms with Gasteiger partial charge in [0, 0.05) is 44.9 Å². The van der Waals surface area contributed by atoms with E-state index in [1.54, 1.807) is 0 Å². The van der Waals surface area contributed by atoms with Crippen LogP contribution >= 0.6 is 0 Å². The molecule has 0 aliphatic heterocycles. The van der Waals surface area contributed by atoms with Gasteiger partial charge in [0.1, 0.15) is 0 Å². The van der Waals surface area contributed by atoms with Crippen molar-refractivity contribution in [2.75, 3.05) is 0 Å². The molecule has 0 atom stereocenters. The summed E-state index contributed by atoms with van der Waals surface area (Å²) in [6, 6.07) is 29.3. The Hall–Kier alpha value is -1.04. The van der Waals surface area contributed by atoms with Crippen molar-refractivity contribution in [1.82, 2.24) is 0 Å². The Morgan fingerprint density at radius 3 is 1.20 bits per heavy atom. The van der Waals surface area contributed by atoms with Gasteiger partial charge in [0.2, 0.25) is 0 Å². The first-order chi connectivity index (χ1) is 11.8. The van der Waals surface area contributed by atoms with E-state index in [4.69, 9.17) is 0 Å². The van der Waals surface area contributed by atoms with Crippen molar-refractivity contribution < 1.29 is 25.8 Å².